The number of aryl methyl sites for hydroxylation is 1. The van der Waals surface area contributed by atoms with E-state index >= 15 is 0 Å². The van der Waals surface area contributed by atoms with Crippen LogP contribution in [0.2, 0.25) is 0 Å². The van der Waals surface area contributed by atoms with Crippen LogP contribution in [-0.2, 0) is 12.4 Å². The van der Waals surface area contributed by atoms with Gasteiger partial charge >= 0.3 is 6.01 Å². The number of alkyl halides is 1. The molecule has 8 nitrogen and oxygen atoms in total. The highest BCUT2D eigenvalue weighted by atomic mass is 35.5. The number of unbranched alkanes of at least 4 members (excludes halogenated alkanes) is 2. The Bertz CT molecular complexity index is 968. The van der Waals surface area contributed by atoms with E-state index in [2.05, 4.69) is 32.7 Å². The first-order valence-corrected chi connectivity index (χ1v) is 11.4. The number of halogens is 1. The number of nitrogens with two attached hydrogens (primary N) is 1. The largest absolute Gasteiger partial charge is 0.480 e. The topological polar surface area (TPSA) is 111 Å². The van der Waals surface area contributed by atoms with Gasteiger partial charge in [-0.15, -0.1) is 11.6 Å². The fourth-order valence-electron chi connectivity index (χ4n) is 2.86. The summed E-state index contributed by atoms with van der Waals surface area (Å²) in [6.45, 7) is 4.00. The molecule has 0 fully saturated rings. The van der Waals surface area contributed by atoms with Gasteiger partial charge in [-0.05, 0) is 48.9 Å². The second-order valence-corrected chi connectivity index (χ2v) is 8.05. The van der Waals surface area contributed by atoms with Crippen LogP contribution in [0.4, 0.5) is 5.82 Å². The third kappa shape index (κ3) is 5.90. The Hall–Kier alpha value is -2.23. The predicted molar refractivity (Wildman–Crippen MR) is 121 cm³/mol. The molecule has 0 saturated carbocycles. The van der Waals surface area contributed by atoms with Crippen LogP contribution in [0.15, 0.2) is 29.2 Å². The van der Waals surface area contributed by atoms with E-state index in [-0.39, 0.29) is 17.8 Å². The Morgan fingerprint density at radius 3 is 2.90 bits per heavy atom. The molecule has 3 rings (SSSR count). The van der Waals surface area contributed by atoms with E-state index in [0.29, 0.717) is 30.2 Å². The Labute approximate surface area is 185 Å². The summed E-state index contributed by atoms with van der Waals surface area (Å²) in [5.74, 6) is 0.716. The molecule has 4 N–H and O–H groups in total. The van der Waals surface area contributed by atoms with Gasteiger partial charge in [-0.2, -0.15) is 15.0 Å². The van der Waals surface area contributed by atoms with Crippen LogP contribution >= 0.6 is 23.5 Å². The van der Waals surface area contributed by atoms with E-state index < -0.39 is 0 Å². The van der Waals surface area contributed by atoms with Crippen molar-refractivity contribution < 1.29 is 9.84 Å². The van der Waals surface area contributed by atoms with E-state index in [1.54, 1.807) is 16.5 Å². The lowest BCUT2D eigenvalue weighted by Gasteiger charge is -2.08. The normalized spacial score (nSPS) is 11.3. The summed E-state index contributed by atoms with van der Waals surface area (Å²) in [4.78, 5) is 13.8. The first kappa shape index (κ1) is 22.5. The molecule has 3 aromatic rings. The number of hydrogen-bond acceptors (Lipinski definition) is 8. The molecule has 10 heteroatoms. The SMILES string of the molecule is CCCCOc1nc(N)c2nc(O)n(CCCCNSc3cccc(CCl)c3)c2n1. The molecular formula is C20H27ClN6O2S. The number of nitrogens with zero attached hydrogens (tertiary/aromatic N) is 4. The number of rotatable bonds is 12. The van der Waals surface area contributed by atoms with Gasteiger partial charge in [0, 0.05) is 23.9 Å². The minimum absolute atomic E-state index is 0.114. The van der Waals surface area contributed by atoms with Crippen LogP contribution in [0.5, 0.6) is 12.0 Å². The average molecular weight is 451 g/mol. The highest BCUT2D eigenvalue weighted by Crippen LogP contribution is 2.25. The summed E-state index contributed by atoms with van der Waals surface area (Å²) < 4.78 is 10.6. The van der Waals surface area contributed by atoms with E-state index in [0.717, 1.165) is 42.7 Å². The maximum absolute atomic E-state index is 10.2. The summed E-state index contributed by atoms with van der Waals surface area (Å²) in [5.41, 5.74) is 7.96. The summed E-state index contributed by atoms with van der Waals surface area (Å²) in [5, 5.41) is 10.2. The van der Waals surface area contributed by atoms with Crippen LogP contribution in [0.3, 0.4) is 0 Å². The van der Waals surface area contributed by atoms with Crippen LogP contribution < -0.4 is 15.2 Å². The summed E-state index contributed by atoms with van der Waals surface area (Å²) >= 11 is 7.46. The second-order valence-electron chi connectivity index (χ2n) is 6.81. The van der Waals surface area contributed by atoms with E-state index in [9.17, 15) is 5.11 Å². The monoisotopic (exact) mass is 450 g/mol. The molecule has 0 bridgehead atoms. The number of aromatic nitrogens is 4. The number of hydrogen-bond donors (Lipinski definition) is 3. The molecule has 0 spiro atoms. The standard InChI is InChI=1S/C20H27ClN6O2S/c1-2-3-11-29-19-25-17(22)16-18(26-19)27(20(28)24-16)10-5-4-9-23-30-15-8-6-7-14(12-15)13-21/h6-8,12,23H,2-5,9-11,13H2,1H3,(H,24,28)(H2,22,25,26). The van der Waals surface area contributed by atoms with Crippen molar-refractivity contribution in [3.63, 3.8) is 0 Å². The Morgan fingerprint density at radius 2 is 2.10 bits per heavy atom. The zero-order valence-electron chi connectivity index (χ0n) is 17.0. The van der Waals surface area contributed by atoms with Crippen LogP contribution in [0.25, 0.3) is 11.2 Å². The smallest absolute Gasteiger partial charge is 0.320 e. The van der Waals surface area contributed by atoms with Gasteiger partial charge in [0.2, 0.25) is 0 Å². The average Bonchev–Trinajstić information content (AvgIpc) is 3.07. The van der Waals surface area contributed by atoms with Crippen LogP contribution in [0.1, 0.15) is 38.2 Å². The third-order valence-corrected chi connectivity index (χ3v) is 5.61. The van der Waals surface area contributed by atoms with Gasteiger partial charge in [-0.25, -0.2) is 0 Å². The maximum Gasteiger partial charge on any atom is 0.320 e. The molecule has 0 unspecified atom stereocenters. The first-order valence-electron chi connectivity index (χ1n) is 10.0. The zero-order chi connectivity index (χ0) is 21.3. The van der Waals surface area contributed by atoms with E-state index in [1.165, 1.54) is 0 Å². The molecule has 0 aliphatic heterocycles. The number of fused-ring (bicyclic) bond motifs is 1. The zero-order valence-corrected chi connectivity index (χ0v) is 18.5. The van der Waals surface area contributed by atoms with Crippen molar-refractivity contribution >= 4 is 40.5 Å². The van der Waals surface area contributed by atoms with Gasteiger partial charge in [-0.3, -0.25) is 9.29 Å². The van der Waals surface area contributed by atoms with Gasteiger partial charge in [0.15, 0.2) is 17.0 Å². The van der Waals surface area contributed by atoms with Gasteiger partial charge < -0.3 is 15.6 Å². The van der Waals surface area contributed by atoms with Gasteiger partial charge in [0.05, 0.1) is 6.61 Å². The van der Waals surface area contributed by atoms with Crippen molar-refractivity contribution in [3.8, 4) is 12.0 Å². The predicted octanol–water partition coefficient (Wildman–Crippen LogP) is 4.11. The fraction of sp³-hybridized carbons (Fsp3) is 0.450. The number of aromatic hydroxyl groups is 1. The molecule has 30 heavy (non-hydrogen) atoms. The molecule has 0 radical (unpaired) electrons. The molecule has 1 aromatic carbocycles. The first-order chi connectivity index (χ1) is 14.6. The van der Waals surface area contributed by atoms with E-state index in [4.69, 9.17) is 22.1 Å². The molecule has 0 amide bonds. The van der Waals surface area contributed by atoms with Crippen molar-refractivity contribution in [3.05, 3.63) is 29.8 Å². The molecule has 0 saturated heterocycles. The number of nitrogens with one attached hydrogen (secondary N) is 1. The molecule has 0 atom stereocenters. The van der Waals surface area contributed by atoms with Crippen molar-refractivity contribution in [2.45, 2.75) is 49.9 Å². The van der Waals surface area contributed by atoms with Gasteiger partial charge in [0.1, 0.15) is 0 Å². The number of benzene rings is 1. The Kier molecular flexibility index (Phi) is 8.41. The Balaban J connectivity index is 1.53. The second kappa shape index (κ2) is 11.2. The minimum atomic E-state index is -0.114. The lowest BCUT2D eigenvalue weighted by molar-refractivity contribution is 0.286. The molecule has 2 heterocycles. The summed E-state index contributed by atoms with van der Waals surface area (Å²) in [6, 6.07) is 8.24. The maximum atomic E-state index is 10.2. The number of anilines is 1. The molecular weight excluding hydrogens is 424 g/mol. The lowest BCUT2D eigenvalue weighted by Crippen LogP contribution is -2.08. The van der Waals surface area contributed by atoms with Crippen LogP contribution in [-0.4, -0.2) is 37.8 Å². The van der Waals surface area contributed by atoms with E-state index in [1.807, 2.05) is 18.2 Å². The van der Waals surface area contributed by atoms with Gasteiger partial charge in [-0.1, -0.05) is 25.5 Å². The molecule has 0 aliphatic rings. The summed E-state index contributed by atoms with van der Waals surface area (Å²) in [7, 11) is 0. The molecule has 2 aromatic heterocycles. The van der Waals surface area contributed by atoms with Crippen molar-refractivity contribution in [2.24, 2.45) is 0 Å². The van der Waals surface area contributed by atoms with Crippen molar-refractivity contribution in [1.29, 1.82) is 0 Å². The third-order valence-electron chi connectivity index (χ3n) is 4.46. The van der Waals surface area contributed by atoms with Crippen molar-refractivity contribution in [2.75, 3.05) is 18.9 Å². The highest BCUT2D eigenvalue weighted by molar-refractivity contribution is 7.97. The highest BCUT2D eigenvalue weighted by Gasteiger charge is 2.16. The van der Waals surface area contributed by atoms with Gasteiger partial charge in [0.25, 0.3) is 6.01 Å². The van der Waals surface area contributed by atoms with Crippen molar-refractivity contribution in [1.82, 2.24) is 24.2 Å². The number of imidazole rings is 1. The minimum Gasteiger partial charge on any atom is -0.480 e. The molecule has 0 aliphatic carbocycles. The summed E-state index contributed by atoms with van der Waals surface area (Å²) in [6.07, 6.45) is 3.68. The lowest BCUT2D eigenvalue weighted by atomic mass is 10.2. The number of nitrogen functional groups attached to an aromatic ring is 1. The van der Waals surface area contributed by atoms with Crippen LogP contribution in [0, 0.1) is 0 Å². The quantitative estimate of drug-likeness (QED) is 0.215. The Morgan fingerprint density at radius 1 is 1.23 bits per heavy atom. The molecule has 162 valence electrons. The fourth-order valence-corrected chi connectivity index (χ4v) is 3.80. The number of ether oxygens (including phenoxy) is 1.